The lowest BCUT2D eigenvalue weighted by molar-refractivity contribution is 0.500. The summed E-state index contributed by atoms with van der Waals surface area (Å²) in [5.41, 5.74) is 7.58. The Labute approximate surface area is 112 Å². The van der Waals surface area contributed by atoms with Crippen LogP contribution in [0.15, 0.2) is 46.9 Å². The number of oxazole rings is 1. The molecule has 19 heavy (non-hydrogen) atoms. The lowest BCUT2D eigenvalue weighted by Gasteiger charge is -2.05. The van der Waals surface area contributed by atoms with Crippen LogP contribution < -0.4 is 5.73 Å². The van der Waals surface area contributed by atoms with Crippen LogP contribution in [0.5, 0.6) is 0 Å². The highest BCUT2D eigenvalue weighted by Crippen LogP contribution is 2.32. The molecule has 0 amide bonds. The summed E-state index contributed by atoms with van der Waals surface area (Å²) >= 11 is 0. The van der Waals surface area contributed by atoms with Gasteiger partial charge in [-0.3, -0.25) is 0 Å². The molecule has 0 radical (unpaired) electrons. The molecule has 0 bridgehead atoms. The van der Waals surface area contributed by atoms with Gasteiger partial charge >= 0.3 is 0 Å². The first-order chi connectivity index (χ1) is 9.15. The molecule has 2 aromatic carbocycles. The normalized spacial score (nSPS) is 11.3. The summed E-state index contributed by atoms with van der Waals surface area (Å²) in [5, 5.41) is 2.41. The van der Waals surface area contributed by atoms with Gasteiger partial charge in [-0.15, -0.1) is 0 Å². The van der Waals surface area contributed by atoms with Crippen LogP contribution in [0.1, 0.15) is 25.5 Å². The first-order valence-corrected chi connectivity index (χ1v) is 6.40. The molecule has 0 aliphatic carbocycles. The Bertz CT molecular complexity index is 728. The Morgan fingerprint density at radius 1 is 1.05 bits per heavy atom. The Morgan fingerprint density at radius 2 is 1.79 bits per heavy atom. The van der Waals surface area contributed by atoms with Crippen LogP contribution in [0, 0.1) is 0 Å². The number of anilines is 1. The van der Waals surface area contributed by atoms with Crippen molar-refractivity contribution in [2.75, 3.05) is 5.73 Å². The van der Waals surface area contributed by atoms with Gasteiger partial charge in [0.15, 0.2) is 0 Å². The third kappa shape index (κ3) is 2.08. The van der Waals surface area contributed by atoms with E-state index in [1.54, 1.807) is 0 Å². The van der Waals surface area contributed by atoms with E-state index in [9.17, 15) is 0 Å². The molecule has 96 valence electrons. The number of aromatic nitrogens is 1. The molecule has 3 nitrogen and oxygen atoms in total. The minimum Gasteiger partial charge on any atom is -0.428 e. The first-order valence-electron chi connectivity index (χ1n) is 6.40. The molecule has 1 heterocycles. The van der Waals surface area contributed by atoms with Crippen molar-refractivity contribution in [3.63, 3.8) is 0 Å². The van der Waals surface area contributed by atoms with Crippen LogP contribution in [0.3, 0.4) is 0 Å². The molecule has 3 heteroatoms. The number of hydrogen-bond donors (Lipinski definition) is 1. The van der Waals surface area contributed by atoms with E-state index in [-0.39, 0.29) is 11.9 Å². The maximum absolute atomic E-state index is 5.69. The third-order valence-corrected chi connectivity index (χ3v) is 3.22. The van der Waals surface area contributed by atoms with Gasteiger partial charge in [-0.25, -0.2) is 0 Å². The number of nitrogens with two attached hydrogens (primary N) is 1. The Hall–Kier alpha value is -2.29. The van der Waals surface area contributed by atoms with Gasteiger partial charge < -0.3 is 10.2 Å². The van der Waals surface area contributed by atoms with Crippen molar-refractivity contribution in [1.29, 1.82) is 0 Å². The zero-order chi connectivity index (χ0) is 13.4. The zero-order valence-corrected chi connectivity index (χ0v) is 11.1. The number of fused-ring (bicyclic) bond motifs is 1. The van der Waals surface area contributed by atoms with E-state index in [0.717, 1.165) is 17.0 Å². The second-order valence-corrected chi connectivity index (χ2v) is 4.98. The summed E-state index contributed by atoms with van der Waals surface area (Å²) in [6, 6.07) is 14.8. The van der Waals surface area contributed by atoms with Crippen LogP contribution in [0.4, 0.5) is 6.01 Å². The van der Waals surface area contributed by atoms with Crippen LogP contribution >= 0.6 is 0 Å². The minimum atomic E-state index is 0.229. The number of rotatable bonds is 2. The fourth-order valence-corrected chi connectivity index (χ4v) is 2.28. The van der Waals surface area contributed by atoms with Gasteiger partial charge in [0.2, 0.25) is 0 Å². The highest BCUT2D eigenvalue weighted by atomic mass is 16.4. The molecular weight excluding hydrogens is 236 g/mol. The van der Waals surface area contributed by atoms with Crippen molar-refractivity contribution in [2.45, 2.75) is 19.8 Å². The van der Waals surface area contributed by atoms with Gasteiger partial charge in [-0.1, -0.05) is 50.2 Å². The second-order valence-electron chi connectivity index (χ2n) is 4.98. The Kier molecular flexibility index (Phi) is 2.75. The summed E-state index contributed by atoms with van der Waals surface area (Å²) in [6.45, 7) is 4.15. The molecule has 2 N–H and O–H groups in total. The second kappa shape index (κ2) is 4.43. The highest BCUT2D eigenvalue weighted by molar-refractivity contribution is 5.87. The molecule has 0 saturated heterocycles. The van der Waals surface area contributed by atoms with Crippen molar-refractivity contribution in [1.82, 2.24) is 4.98 Å². The minimum absolute atomic E-state index is 0.229. The zero-order valence-electron chi connectivity index (χ0n) is 11.1. The molecule has 0 saturated carbocycles. The number of hydrogen-bond acceptors (Lipinski definition) is 3. The molecule has 0 spiro atoms. The topological polar surface area (TPSA) is 52.0 Å². The smallest absolute Gasteiger partial charge is 0.292 e. The van der Waals surface area contributed by atoms with Gasteiger partial charge in [-0.05, 0) is 16.8 Å². The van der Waals surface area contributed by atoms with Crippen molar-refractivity contribution in [2.24, 2.45) is 0 Å². The lowest BCUT2D eigenvalue weighted by atomic mass is 10.0. The van der Waals surface area contributed by atoms with Gasteiger partial charge in [0.1, 0.15) is 11.5 Å². The number of benzene rings is 2. The molecule has 0 unspecified atom stereocenters. The van der Waals surface area contributed by atoms with E-state index in [1.807, 2.05) is 12.1 Å². The van der Waals surface area contributed by atoms with Crippen LogP contribution in [0.25, 0.3) is 22.0 Å². The van der Waals surface area contributed by atoms with Gasteiger partial charge in [-0.2, -0.15) is 4.98 Å². The highest BCUT2D eigenvalue weighted by Gasteiger charge is 2.16. The summed E-state index contributed by atoms with van der Waals surface area (Å²) in [4.78, 5) is 4.32. The lowest BCUT2D eigenvalue weighted by Crippen LogP contribution is -1.89. The van der Waals surface area contributed by atoms with E-state index in [4.69, 9.17) is 10.2 Å². The monoisotopic (exact) mass is 252 g/mol. The van der Waals surface area contributed by atoms with Gasteiger partial charge in [0, 0.05) is 11.5 Å². The largest absolute Gasteiger partial charge is 0.428 e. The molecule has 3 aromatic rings. The van der Waals surface area contributed by atoms with E-state index >= 15 is 0 Å². The van der Waals surface area contributed by atoms with Crippen molar-refractivity contribution < 1.29 is 4.42 Å². The fourth-order valence-electron chi connectivity index (χ4n) is 2.28. The first kappa shape index (κ1) is 11.8. The van der Waals surface area contributed by atoms with Crippen LogP contribution in [0.2, 0.25) is 0 Å². The molecule has 3 rings (SSSR count). The van der Waals surface area contributed by atoms with E-state index in [1.165, 1.54) is 10.8 Å². The summed E-state index contributed by atoms with van der Waals surface area (Å²) < 4.78 is 5.51. The molecular formula is C16H16N2O. The summed E-state index contributed by atoms with van der Waals surface area (Å²) in [7, 11) is 0. The van der Waals surface area contributed by atoms with Gasteiger partial charge in [0.05, 0.1) is 0 Å². The molecule has 0 aliphatic rings. The molecule has 0 aliphatic heterocycles. The molecule has 0 atom stereocenters. The maximum Gasteiger partial charge on any atom is 0.292 e. The SMILES string of the molecule is CC(C)c1oc(N)nc1-c1ccc2ccccc2c1. The number of nitrogens with zero attached hydrogens (tertiary/aromatic N) is 1. The van der Waals surface area contributed by atoms with Crippen molar-refractivity contribution in [3.05, 3.63) is 48.2 Å². The average Bonchev–Trinajstić information content (AvgIpc) is 2.80. The Balaban J connectivity index is 2.18. The van der Waals surface area contributed by atoms with E-state index in [0.29, 0.717) is 0 Å². The summed E-state index contributed by atoms with van der Waals surface area (Å²) in [6.07, 6.45) is 0. The number of nitrogen functional groups attached to an aromatic ring is 1. The predicted molar refractivity (Wildman–Crippen MR) is 77.9 cm³/mol. The molecule has 1 aromatic heterocycles. The molecule has 0 fully saturated rings. The van der Waals surface area contributed by atoms with Crippen molar-refractivity contribution in [3.8, 4) is 11.3 Å². The van der Waals surface area contributed by atoms with Crippen molar-refractivity contribution >= 4 is 16.8 Å². The van der Waals surface area contributed by atoms with Gasteiger partial charge in [0.25, 0.3) is 6.01 Å². The fraction of sp³-hybridized carbons (Fsp3) is 0.188. The van der Waals surface area contributed by atoms with E-state index in [2.05, 4.69) is 49.2 Å². The third-order valence-electron chi connectivity index (χ3n) is 3.22. The average molecular weight is 252 g/mol. The standard InChI is InChI=1S/C16H16N2O/c1-10(2)15-14(18-16(17)19-15)13-8-7-11-5-3-4-6-12(11)9-13/h3-10H,1-2H3,(H2,17,18). The quantitative estimate of drug-likeness (QED) is 0.743. The summed E-state index contributed by atoms with van der Waals surface area (Å²) in [5.74, 6) is 1.10. The van der Waals surface area contributed by atoms with Crippen LogP contribution in [-0.4, -0.2) is 4.98 Å². The van der Waals surface area contributed by atoms with E-state index < -0.39 is 0 Å². The maximum atomic E-state index is 5.69. The van der Waals surface area contributed by atoms with Crippen LogP contribution in [-0.2, 0) is 0 Å². The Morgan fingerprint density at radius 3 is 2.53 bits per heavy atom. The predicted octanol–water partition coefficient (Wildman–Crippen LogP) is 4.20.